The molecule has 0 spiro atoms. The molecule has 0 saturated carbocycles. The van der Waals surface area contributed by atoms with Gasteiger partial charge in [-0.2, -0.15) is 0 Å². The maximum absolute atomic E-state index is 13.2. The fourth-order valence-corrected chi connectivity index (χ4v) is 1.51. The number of aliphatic hydroxyl groups excluding tert-OH is 1. The number of hydrogen-bond donors (Lipinski definition) is 1. The highest BCUT2D eigenvalue weighted by Crippen LogP contribution is 2.26. The van der Waals surface area contributed by atoms with Crippen molar-refractivity contribution in [2.75, 3.05) is 0 Å². The molecule has 0 aliphatic carbocycles. The van der Waals surface area contributed by atoms with E-state index in [-0.39, 0.29) is 6.42 Å². The fraction of sp³-hybridized carbons (Fsp3) is 0.500. The van der Waals surface area contributed by atoms with Gasteiger partial charge in [0.15, 0.2) is 0 Å². The molecule has 4 heteroatoms. The molecule has 0 aliphatic rings. The molecule has 1 N–H and O–H groups in total. The van der Waals surface area contributed by atoms with Gasteiger partial charge in [-0.15, -0.1) is 0 Å². The molecule has 0 bridgehead atoms. The number of hydrogen-bond acceptors (Lipinski definition) is 1. The largest absolute Gasteiger partial charge is 0.388 e. The summed E-state index contributed by atoms with van der Waals surface area (Å²) in [5.74, 6) is -2.71. The third-order valence-electron chi connectivity index (χ3n) is 2.39. The first kappa shape index (κ1) is 13.0. The second kappa shape index (κ2) is 5.34. The minimum Gasteiger partial charge on any atom is -0.388 e. The lowest BCUT2D eigenvalue weighted by Gasteiger charge is -2.14. The van der Waals surface area contributed by atoms with E-state index in [0.717, 1.165) is 0 Å². The van der Waals surface area contributed by atoms with E-state index in [1.54, 1.807) is 0 Å². The molecule has 0 amide bonds. The van der Waals surface area contributed by atoms with Gasteiger partial charge in [0.25, 0.3) is 0 Å². The molecule has 0 fully saturated rings. The summed E-state index contributed by atoms with van der Waals surface area (Å²) in [4.78, 5) is 0. The second-order valence-electron chi connectivity index (χ2n) is 4.27. The predicted octanol–water partition coefficient (Wildman–Crippen LogP) is 3.57. The Kier molecular flexibility index (Phi) is 4.35. The van der Waals surface area contributed by atoms with E-state index in [9.17, 15) is 18.3 Å². The van der Waals surface area contributed by atoms with Crippen molar-refractivity contribution in [1.82, 2.24) is 0 Å². The molecule has 1 unspecified atom stereocenters. The van der Waals surface area contributed by atoms with E-state index in [0.29, 0.717) is 24.5 Å². The third kappa shape index (κ3) is 3.23. The van der Waals surface area contributed by atoms with Gasteiger partial charge in [-0.05, 0) is 18.8 Å². The Morgan fingerprint density at radius 1 is 1.06 bits per heavy atom. The quantitative estimate of drug-likeness (QED) is 0.841. The van der Waals surface area contributed by atoms with Gasteiger partial charge in [-0.25, -0.2) is 13.2 Å². The Morgan fingerprint density at radius 3 is 2.00 bits per heavy atom. The first-order valence-electron chi connectivity index (χ1n) is 5.24. The number of benzene rings is 1. The van der Waals surface area contributed by atoms with Gasteiger partial charge in [0.05, 0.1) is 11.7 Å². The normalized spacial score (nSPS) is 13.2. The standard InChI is InChI=1S/C12H15F3O/c1-7(2)3-4-11(16)12-9(14)5-8(13)6-10(12)15/h5-7,11,16H,3-4H2,1-2H3. The van der Waals surface area contributed by atoms with Gasteiger partial charge in [-0.3, -0.25) is 0 Å². The Hall–Kier alpha value is -1.03. The van der Waals surface area contributed by atoms with Gasteiger partial charge in [0, 0.05) is 12.1 Å². The van der Waals surface area contributed by atoms with Crippen LogP contribution in [0, 0.1) is 23.4 Å². The van der Waals surface area contributed by atoms with Crippen LogP contribution in [-0.4, -0.2) is 5.11 Å². The molecule has 90 valence electrons. The van der Waals surface area contributed by atoms with Crippen LogP contribution in [-0.2, 0) is 0 Å². The smallest absolute Gasteiger partial charge is 0.134 e. The van der Waals surface area contributed by atoms with Gasteiger partial charge in [-0.1, -0.05) is 13.8 Å². The van der Waals surface area contributed by atoms with Crippen molar-refractivity contribution in [3.05, 3.63) is 35.1 Å². The molecular weight excluding hydrogens is 217 g/mol. The Balaban J connectivity index is 2.86. The average Bonchev–Trinajstić information content (AvgIpc) is 2.12. The fourth-order valence-electron chi connectivity index (χ4n) is 1.51. The molecule has 1 rings (SSSR count). The highest BCUT2D eigenvalue weighted by atomic mass is 19.1. The summed E-state index contributed by atoms with van der Waals surface area (Å²) >= 11 is 0. The minimum absolute atomic E-state index is 0.261. The van der Waals surface area contributed by atoms with Crippen molar-refractivity contribution in [3.8, 4) is 0 Å². The second-order valence-corrected chi connectivity index (χ2v) is 4.27. The molecule has 0 radical (unpaired) electrons. The van der Waals surface area contributed by atoms with Crippen LogP contribution in [0.1, 0.15) is 38.4 Å². The van der Waals surface area contributed by atoms with E-state index < -0.39 is 29.1 Å². The predicted molar refractivity (Wildman–Crippen MR) is 55.3 cm³/mol. The molecule has 0 heterocycles. The average molecular weight is 232 g/mol. The topological polar surface area (TPSA) is 20.2 Å². The highest BCUT2D eigenvalue weighted by molar-refractivity contribution is 5.23. The van der Waals surface area contributed by atoms with Crippen molar-refractivity contribution in [2.45, 2.75) is 32.8 Å². The molecule has 0 aromatic heterocycles. The van der Waals surface area contributed by atoms with Crippen LogP contribution in [0.4, 0.5) is 13.2 Å². The van der Waals surface area contributed by atoms with Crippen LogP contribution < -0.4 is 0 Å². The molecule has 0 aliphatic heterocycles. The summed E-state index contributed by atoms with van der Waals surface area (Å²) < 4.78 is 39.1. The molecule has 1 nitrogen and oxygen atoms in total. The summed E-state index contributed by atoms with van der Waals surface area (Å²) in [7, 11) is 0. The summed E-state index contributed by atoms with van der Waals surface area (Å²) in [6.07, 6.45) is -0.308. The highest BCUT2D eigenvalue weighted by Gasteiger charge is 2.19. The minimum atomic E-state index is -1.22. The molecule has 0 saturated heterocycles. The maximum atomic E-state index is 13.2. The zero-order valence-corrected chi connectivity index (χ0v) is 9.30. The lowest BCUT2D eigenvalue weighted by atomic mass is 9.99. The van der Waals surface area contributed by atoms with Gasteiger partial charge >= 0.3 is 0 Å². The zero-order valence-electron chi connectivity index (χ0n) is 9.30. The van der Waals surface area contributed by atoms with E-state index >= 15 is 0 Å². The number of rotatable bonds is 4. The molecule has 1 aromatic carbocycles. The van der Waals surface area contributed by atoms with Gasteiger partial charge in [0.2, 0.25) is 0 Å². The Bertz CT molecular complexity index is 340. The van der Waals surface area contributed by atoms with Crippen LogP contribution in [0.5, 0.6) is 0 Å². The van der Waals surface area contributed by atoms with Crippen LogP contribution in [0.15, 0.2) is 12.1 Å². The number of aliphatic hydroxyl groups is 1. The summed E-state index contributed by atoms with van der Waals surface area (Å²) in [5, 5.41) is 9.62. The van der Waals surface area contributed by atoms with Crippen LogP contribution >= 0.6 is 0 Å². The zero-order chi connectivity index (χ0) is 12.3. The summed E-state index contributed by atoms with van der Waals surface area (Å²) in [6.45, 7) is 3.90. The van der Waals surface area contributed by atoms with E-state index in [1.807, 2.05) is 13.8 Å². The third-order valence-corrected chi connectivity index (χ3v) is 2.39. The van der Waals surface area contributed by atoms with E-state index in [1.165, 1.54) is 0 Å². The maximum Gasteiger partial charge on any atom is 0.134 e. The SMILES string of the molecule is CC(C)CCC(O)c1c(F)cc(F)cc1F. The van der Waals surface area contributed by atoms with Crippen molar-refractivity contribution < 1.29 is 18.3 Å². The summed E-state index contributed by atoms with van der Waals surface area (Å²) in [5.41, 5.74) is -0.443. The molecule has 1 atom stereocenters. The lowest BCUT2D eigenvalue weighted by Crippen LogP contribution is -2.06. The van der Waals surface area contributed by atoms with Crippen molar-refractivity contribution in [1.29, 1.82) is 0 Å². The van der Waals surface area contributed by atoms with E-state index in [2.05, 4.69) is 0 Å². The Labute approximate surface area is 92.9 Å². The van der Waals surface area contributed by atoms with Crippen molar-refractivity contribution in [3.63, 3.8) is 0 Å². The van der Waals surface area contributed by atoms with E-state index in [4.69, 9.17) is 0 Å². The van der Waals surface area contributed by atoms with Crippen LogP contribution in [0.25, 0.3) is 0 Å². The lowest BCUT2D eigenvalue weighted by molar-refractivity contribution is 0.149. The summed E-state index contributed by atoms with van der Waals surface area (Å²) in [6, 6.07) is 1.16. The van der Waals surface area contributed by atoms with Crippen molar-refractivity contribution in [2.24, 2.45) is 5.92 Å². The van der Waals surface area contributed by atoms with Gasteiger partial charge in [0.1, 0.15) is 17.5 Å². The van der Waals surface area contributed by atoms with Crippen LogP contribution in [0.2, 0.25) is 0 Å². The molecule has 1 aromatic rings. The van der Waals surface area contributed by atoms with Crippen molar-refractivity contribution >= 4 is 0 Å². The number of halogens is 3. The van der Waals surface area contributed by atoms with Crippen LogP contribution in [0.3, 0.4) is 0 Å². The molecule has 16 heavy (non-hydrogen) atoms. The first-order valence-corrected chi connectivity index (χ1v) is 5.24. The molecular formula is C12H15F3O. The first-order chi connectivity index (χ1) is 7.41. The van der Waals surface area contributed by atoms with Gasteiger partial charge < -0.3 is 5.11 Å². The monoisotopic (exact) mass is 232 g/mol. The Morgan fingerprint density at radius 2 is 1.56 bits per heavy atom.